The number of piperazine rings is 1. The van der Waals surface area contributed by atoms with Crippen LogP contribution in [0.2, 0.25) is 0 Å². The molecule has 1 amide bonds. The highest BCUT2D eigenvalue weighted by molar-refractivity contribution is 7.91. The molecule has 1 saturated carbocycles. The van der Waals surface area contributed by atoms with Gasteiger partial charge in [0.25, 0.3) is 5.91 Å². The lowest BCUT2D eigenvalue weighted by Gasteiger charge is -2.36. The minimum Gasteiger partial charge on any atom is -0.377 e. The summed E-state index contributed by atoms with van der Waals surface area (Å²) in [7, 11) is -3.93. The lowest BCUT2D eigenvalue weighted by atomic mass is 10.1. The van der Waals surface area contributed by atoms with Gasteiger partial charge in [0, 0.05) is 38.4 Å². The number of carbonyl (C=O) groups is 1. The van der Waals surface area contributed by atoms with Gasteiger partial charge in [-0.05, 0) is 43.4 Å². The van der Waals surface area contributed by atoms with Crippen LogP contribution in [-0.2, 0) is 20.8 Å². The molecule has 44 heavy (non-hydrogen) atoms. The van der Waals surface area contributed by atoms with Gasteiger partial charge < -0.3 is 25.2 Å². The monoisotopic (exact) mass is 649 g/mol. The third-order valence-electron chi connectivity index (χ3n) is 8.36. The van der Waals surface area contributed by atoms with E-state index in [1.807, 2.05) is 6.07 Å². The fourth-order valence-electron chi connectivity index (χ4n) is 5.75. The van der Waals surface area contributed by atoms with Crippen molar-refractivity contribution in [3.63, 3.8) is 0 Å². The van der Waals surface area contributed by atoms with Crippen LogP contribution >= 0.6 is 11.3 Å². The van der Waals surface area contributed by atoms with E-state index in [-0.39, 0.29) is 52.2 Å². The molecule has 2 N–H and O–H groups in total. The van der Waals surface area contributed by atoms with E-state index in [4.69, 9.17) is 4.74 Å². The number of anilines is 3. The number of alkyl halides is 3. The number of nitrogens with one attached hydrogen (secondary N) is 2. The van der Waals surface area contributed by atoms with E-state index in [9.17, 15) is 26.4 Å². The summed E-state index contributed by atoms with van der Waals surface area (Å²) < 4.78 is 74.0. The number of aromatic nitrogens is 3. The second-order valence-corrected chi connectivity index (χ2v) is 14.7. The molecule has 6 heterocycles. The van der Waals surface area contributed by atoms with Crippen LogP contribution in [0.4, 0.5) is 30.6 Å². The van der Waals surface area contributed by atoms with Crippen LogP contribution in [0.5, 0.6) is 0 Å². The molecule has 0 spiro atoms. The number of ether oxygens (including phenoxy) is 1. The van der Waals surface area contributed by atoms with Crippen molar-refractivity contribution in [3.8, 4) is 10.6 Å². The molecule has 3 aliphatic heterocycles. The van der Waals surface area contributed by atoms with Gasteiger partial charge in [-0.2, -0.15) is 13.2 Å². The quantitative estimate of drug-likeness (QED) is 0.408. The molecule has 3 aromatic heterocycles. The van der Waals surface area contributed by atoms with Crippen molar-refractivity contribution in [2.24, 2.45) is 0 Å². The SMILES string of the molecule is CC1CN(c2cc(C3CC3)c(Nc3ncc(C(F)(F)F)c(-c4cc5c(s4)C(=O)N(C4COC4)CCS5(=O)=O)n3)cn2)CCN1. The maximum atomic E-state index is 14.2. The molecule has 0 aromatic carbocycles. The number of fused-ring (bicyclic) bond motifs is 1. The average Bonchev–Trinajstić information content (AvgIpc) is 3.71. The fourth-order valence-corrected chi connectivity index (χ4v) is 8.67. The van der Waals surface area contributed by atoms with Gasteiger partial charge >= 0.3 is 6.18 Å². The summed E-state index contributed by atoms with van der Waals surface area (Å²) in [6.07, 6.45) is -0.500. The van der Waals surface area contributed by atoms with Crippen LogP contribution in [0, 0.1) is 0 Å². The number of nitrogens with zero attached hydrogens (tertiary/aromatic N) is 5. The highest BCUT2D eigenvalue weighted by Crippen LogP contribution is 2.46. The zero-order valence-corrected chi connectivity index (χ0v) is 25.4. The Labute approximate surface area is 255 Å². The van der Waals surface area contributed by atoms with E-state index >= 15 is 0 Å². The van der Waals surface area contributed by atoms with E-state index in [1.54, 1.807) is 6.20 Å². The lowest BCUT2D eigenvalue weighted by Crippen LogP contribution is -2.52. The van der Waals surface area contributed by atoms with Gasteiger partial charge in [-0.3, -0.25) is 4.79 Å². The fraction of sp³-hybridized carbons (Fsp3) is 0.500. The Hall–Kier alpha value is -3.34. The summed E-state index contributed by atoms with van der Waals surface area (Å²) in [5, 5.41) is 6.48. The summed E-state index contributed by atoms with van der Waals surface area (Å²) in [5.41, 5.74) is -0.0340. The first-order valence-corrected chi connectivity index (χ1v) is 16.9. The maximum Gasteiger partial charge on any atom is 0.420 e. The standard InChI is InChI=1S/C28H30F3N7O4S2/c1-15-12-37(5-4-32-15)23-8-18(16-2-3-16)20(11-33-23)35-27-34-10-19(28(29,30)31)24(36-27)21-9-22-25(43-21)26(39)38(17-13-42-14-17)6-7-44(22,40)41/h8-11,15-17,32H,2-7,12-14H2,1H3,(H,34,35,36). The molecule has 1 aliphatic carbocycles. The molecule has 3 fully saturated rings. The summed E-state index contributed by atoms with van der Waals surface area (Å²) in [6, 6.07) is 3.20. The number of hydrogen-bond donors (Lipinski definition) is 2. The largest absolute Gasteiger partial charge is 0.420 e. The Balaban J connectivity index is 1.25. The first-order chi connectivity index (χ1) is 21.0. The van der Waals surface area contributed by atoms with Crippen molar-refractivity contribution in [2.75, 3.05) is 55.4 Å². The molecule has 11 nitrogen and oxygen atoms in total. The molecule has 2 saturated heterocycles. The summed E-state index contributed by atoms with van der Waals surface area (Å²) in [6.45, 7) is 5.14. The third kappa shape index (κ3) is 5.52. The molecule has 3 aromatic rings. The third-order valence-corrected chi connectivity index (χ3v) is 11.3. The van der Waals surface area contributed by atoms with E-state index in [2.05, 4.69) is 37.4 Å². The number of halogens is 3. The van der Waals surface area contributed by atoms with Crippen molar-refractivity contribution in [1.29, 1.82) is 0 Å². The minimum absolute atomic E-state index is 0.00880. The van der Waals surface area contributed by atoms with Crippen molar-refractivity contribution in [1.82, 2.24) is 25.2 Å². The topological polar surface area (TPSA) is 130 Å². The number of hydrogen-bond acceptors (Lipinski definition) is 11. The molecular formula is C28H30F3N7O4S2. The van der Waals surface area contributed by atoms with Gasteiger partial charge in [0.05, 0.1) is 52.4 Å². The Morgan fingerprint density at radius 2 is 1.93 bits per heavy atom. The number of sulfone groups is 1. The Bertz CT molecular complexity index is 1720. The summed E-state index contributed by atoms with van der Waals surface area (Å²) >= 11 is 0.697. The maximum absolute atomic E-state index is 14.2. The average molecular weight is 650 g/mol. The molecule has 1 unspecified atom stereocenters. The van der Waals surface area contributed by atoms with Crippen LogP contribution in [0.25, 0.3) is 10.6 Å². The van der Waals surface area contributed by atoms with Crippen molar-refractivity contribution < 1.29 is 31.1 Å². The molecule has 234 valence electrons. The Morgan fingerprint density at radius 1 is 1.14 bits per heavy atom. The molecular weight excluding hydrogens is 619 g/mol. The minimum atomic E-state index is -4.82. The number of rotatable bonds is 6. The molecule has 16 heteroatoms. The highest BCUT2D eigenvalue weighted by atomic mass is 32.2. The molecule has 0 bridgehead atoms. The van der Waals surface area contributed by atoms with Gasteiger partial charge in [-0.1, -0.05) is 0 Å². The molecule has 0 radical (unpaired) electrons. The second-order valence-electron chi connectivity index (χ2n) is 11.6. The predicted octanol–water partition coefficient (Wildman–Crippen LogP) is 3.67. The van der Waals surface area contributed by atoms with Gasteiger partial charge in [0.15, 0.2) is 9.84 Å². The lowest BCUT2D eigenvalue weighted by molar-refractivity contribution is -0.137. The van der Waals surface area contributed by atoms with Crippen molar-refractivity contribution in [2.45, 2.75) is 48.8 Å². The van der Waals surface area contributed by atoms with Gasteiger partial charge in [0.2, 0.25) is 5.95 Å². The first-order valence-electron chi connectivity index (χ1n) is 14.4. The molecule has 4 aliphatic rings. The van der Waals surface area contributed by atoms with Crippen molar-refractivity contribution >= 4 is 44.5 Å². The number of thiophene rings is 1. The van der Waals surface area contributed by atoms with E-state index in [0.29, 0.717) is 35.2 Å². The zero-order valence-electron chi connectivity index (χ0n) is 23.7. The number of carbonyl (C=O) groups excluding carboxylic acids is 1. The van der Waals surface area contributed by atoms with Crippen LogP contribution in [-0.4, -0.2) is 91.4 Å². The summed E-state index contributed by atoms with van der Waals surface area (Å²) in [5.74, 6) is 0.174. The second kappa shape index (κ2) is 10.9. The summed E-state index contributed by atoms with van der Waals surface area (Å²) in [4.78, 5) is 29.4. The zero-order chi connectivity index (χ0) is 30.8. The van der Waals surface area contributed by atoms with E-state index in [0.717, 1.165) is 49.9 Å². The smallest absolute Gasteiger partial charge is 0.377 e. The van der Waals surface area contributed by atoms with E-state index in [1.165, 1.54) is 4.90 Å². The molecule has 7 rings (SSSR count). The normalized spacial score (nSPS) is 22.4. The van der Waals surface area contributed by atoms with Crippen LogP contribution in [0.1, 0.15) is 46.5 Å². The highest BCUT2D eigenvalue weighted by Gasteiger charge is 2.41. The van der Waals surface area contributed by atoms with Crippen molar-refractivity contribution in [3.05, 3.63) is 40.5 Å². The Kier molecular flexibility index (Phi) is 7.29. The van der Waals surface area contributed by atoms with Crippen LogP contribution < -0.4 is 15.5 Å². The van der Waals surface area contributed by atoms with Crippen LogP contribution in [0.3, 0.4) is 0 Å². The van der Waals surface area contributed by atoms with E-state index < -0.39 is 33.2 Å². The Morgan fingerprint density at radius 3 is 2.61 bits per heavy atom. The molecule has 1 atom stereocenters. The van der Waals surface area contributed by atoms with Gasteiger partial charge in [-0.15, -0.1) is 11.3 Å². The van der Waals surface area contributed by atoms with Gasteiger partial charge in [-0.25, -0.2) is 23.4 Å². The first kappa shape index (κ1) is 29.4. The van der Waals surface area contributed by atoms with Crippen LogP contribution in [0.15, 0.2) is 29.4 Å². The number of amides is 1. The number of pyridine rings is 1. The predicted molar refractivity (Wildman–Crippen MR) is 157 cm³/mol. The van der Waals surface area contributed by atoms with Gasteiger partial charge in [0.1, 0.15) is 16.3 Å².